The Balaban J connectivity index is 1.40. The van der Waals surface area contributed by atoms with Crippen LogP contribution in [0.4, 0.5) is 0 Å². The van der Waals surface area contributed by atoms with E-state index in [1.54, 1.807) is 0 Å². The zero-order chi connectivity index (χ0) is 18.2. The van der Waals surface area contributed by atoms with Crippen LogP contribution in [0.15, 0.2) is 0 Å². The standard InChI is InChI=1S/C20H35N3O2/c1-14(17-12-15-5-6-16(17)11-15)21-18(24)13-22-7-9-23(10-8-22)19(25)20(2,3)4/h14-17H,5-13H2,1-4H3,(H,21,24). The molecule has 2 bridgehead atoms. The quantitative estimate of drug-likeness (QED) is 0.846. The summed E-state index contributed by atoms with van der Waals surface area (Å²) in [6.07, 6.45) is 5.45. The lowest BCUT2D eigenvalue weighted by Gasteiger charge is -2.37. The second-order valence-corrected chi connectivity index (χ2v) is 9.51. The second kappa shape index (κ2) is 7.26. The summed E-state index contributed by atoms with van der Waals surface area (Å²) in [5.74, 6) is 2.80. The zero-order valence-corrected chi connectivity index (χ0v) is 16.4. The van der Waals surface area contributed by atoms with Gasteiger partial charge in [0.2, 0.25) is 11.8 Å². The molecule has 4 atom stereocenters. The maximum Gasteiger partial charge on any atom is 0.234 e. The highest BCUT2D eigenvalue weighted by atomic mass is 16.2. The molecule has 5 nitrogen and oxygen atoms in total. The van der Waals surface area contributed by atoms with Crippen LogP contribution in [0.1, 0.15) is 53.4 Å². The molecule has 0 aromatic carbocycles. The molecule has 1 aliphatic heterocycles. The Morgan fingerprint density at radius 2 is 1.76 bits per heavy atom. The summed E-state index contributed by atoms with van der Waals surface area (Å²) in [7, 11) is 0. The largest absolute Gasteiger partial charge is 0.352 e. The molecule has 5 heteroatoms. The molecule has 1 saturated heterocycles. The Morgan fingerprint density at radius 3 is 2.28 bits per heavy atom. The molecule has 2 amide bonds. The summed E-state index contributed by atoms with van der Waals surface area (Å²) in [4.78, 5) is 28.9. The molecule has 0 aromatic heterocycles. The summed E-state index contributed by atoms with van der Waals surface area (Å²) in [5, 5.41) is 3.25. The van der Waals surface area contributed by atoms with Crippen LogP contribution in [0.5, 0.6) is 0 Å². The fourth-order valence-electron chi connectivity index (χ4n) is 5.10. The molecule has 142 valence electrons. The van der Waals surface area contributed by atoms with Gasteiger partial charge in [-0.05, 0) is 43.9 Å². The smallest absolute Gasteiger partial charge is 0.234 e. The topological polar surface area (TPSA) is 52.7 Å². The van der Waals surface area contributed by atoms with Gasteiger partial charge in [0.05, 0.1) is 6.54 Å². The molecule has 0 radical (unpaired) electrons. The first-order valence-electron chi connectivity index (χ1n) is 10.0. The minimum absolute atomic E-state index is 0.144. The van der Waals surface area contributed by atoms with Gasteiger partial charge in [0.1, 0.15) is 0 Å². The predicted molar refractivity (Wildman–Crippen MR) is 99.0 cm³/mol. The number of nitrogens with one attached hydrogen (secondary N) is 1. The number of hydrogen-bond donors (Lipinski definition) is 1. The Hall–Kier alpha value is -1.10. The lowest BCUT2D eigenvalue weighted by Crippen LogP contribution is -2.54. The van der Waals surface area contributed by atoms with Crippen LogP contribution in [-0.4, -0.2) is 60.4 Å². The molecule has 3 aliphatic rings. The van der Waals surface area contributed by atoms with Crippen molar-refractivity contribution < 1.29 is 9.59 Å². The molecule has 2 aliphatic carbocycles. The summed E-state index contributed by atoms with van der Waals surface area (Å²) in [6.45, 7) is 11.6. The van der Waals surface area contributed by atoms with E-state index < -0.39 is 0 Å². The fraction of sp³-hybridized carbons (Fsp3) is 0.900. The number of carbonyl (C=O) groups excluding carboxylic acids is 2. The van der Waals surface area contributed by atoms with Crippen LogP contribution >= 0.6 is 0 Å². The van der Waals surface area contributed by atoms with Gasteiger partial charge in [-0.1, -0.05) is 27.2 Å². The van der Waals surface area contributed by atoms with Crippen LogP contribution < -0.4 is 5.32 Å². The third-order valence-corrected chi connectivity index (χ3v) is 6.49. The van der Waals surface area contributed by atoms with Crippen molar-refractivity contribution in [3.05, 3.63) is 0 Å². The fourth-order valence-corrected chi connectivity index (χ4v) is 5.10. The highest BCUT2D eigenvalue weighted by Crippen LogP contribution is 2.49. The van der Waals surface area contributed by atoms with Crippen molar-refractivity contribution in [1.29, 1.82) is 0 Å². The van der Waals surface area contributed by atoms with Crippen molar-refractivity contribution in [2.24, 2.45) is 23.2 Å². The van der Waals surface area contributed by atoms with E-state index in [9.17, 15) is 9.59 Å². The van der Waals surface area contributed by atoms with Gasteiger partial charge in [-0.15, -0.1) is 0 Å². The van der Waals surface area contributed by atoms with E-state index in [4.69, 9.17) is 0 Å². The molecule has 3 fully saturated rings. The van der Waals surface area contributed by atoms with E-state index in [1.165, 1.54) is 25.7 Å². The highest BCUT2D eigenvalue weighted by molar-refractivity contribution is 5.81. The molecular formula is C20H35N3O2. The maximum atomic E-state index is 12.4. The maximum absolute atomic E-state index is 12.4. The van der Waals surface area contributed by atoms with E-state index in [-0.39, 0.29) is 17.2 Å². The normalized spacial score (nSPS) is 31.2. The molecule has 2 saturated carbocycles. The molecule has 0 spiro atoms. The molecule has 25 heavy (non-hydrogen) atoms. The van der Waals surface area contributed by atoms with Gasteiger partial charge in [0.25, 0.3) is 0 Å². The number of amides is 2. The average Bonchev–Trinajstić information content (AvgIpc) is 3.17. The van der Waals surface area contributed by atoms with Gasteiger partial charge >= 0.3 is 0 Å². The Labute approximate surface area is 152 Å². The van der Waals surface area contributed by atoms with Gasteiger partial charge in [-0.3, -0.25) is 14.5 Å². The molecule has 3 rings (SSSR count). The van der Waals surface area contributed by atoms with Crippen molar-refractivity contribution in [2.45, 2.75) is 59.4 Å². The van der Waals surface area contributed by atoms with E-state index in [2.05, 4.69) is 17.1 Å². The first-order chi connectivity index (χ1) is 11.7. The van der Waals surface area contributed by atoms with Crippen molar-refractivity contribution in [3.63, 3.8) is 0 Å². The molecule has 4 unspecified atom stereocenters. The number of hydrogen-bond acceptors (Lipinski definition) is 3. The number of piperazine rings is 1. The molecule has 1 N–H and O–H groups in total. The number of carbonyl (C=O) groups is 2. The lowest BCUT2D eigenvalue weighted by atomic mass is 9.84. The first kappa shape index (κ1) is 18.7. The minimum atomic E-state index is -0.324. The van der Waals surface area contributed by atoms with E-state index in [0.29, 0.717) is 18.5 Å². The van der Waals surface area contributed by atoms with Gasteiger partial charge in [-0.2, -0.15) is 0 Å². The number of fused-ring (bicyclic) bond motifs is 2. The molecular weight excluding hydrogens is 314 g/mol. The number of rotatable bonds is 4. The van der Waals surface area contributed by atoms with Crippen molar-refractivity contribution in [1.82, 2.24) is 15.1 Å². The molecule has 0 aromatic rings. The third kappa shape index (κ3) is 4.36. The van der Waals surface area contributed by atoms with Crippen LogP contribution in [0.25, 0.3) is 0 Å². The SMILES string of the molecule is CC(NC(=O)CN1CCN(C(=O)C(C)(C)C)CC1)C1CC2CCC1C2. The van der Waals surface area contributed by atoms with Crippen molar-refractivity contribution in [3.8, 4) is 0 Å². The van der Waals surface area contributed by atoms with E-state index in [0.717, 1.165) is 38.0 Å². The van der Waals surface area contributed by atoms with Crippen molar-refractivity contribution >= 4 is 11.8 Å². The third-order valence-electron chi connectivity index (χ3n) is 6.49. The number of nitrogens with zero attached hydrogens (tertiary/aromatic N) is 2. The van der Waals surface area contributed by atoms with Gasteiger partial charge in [0, 0.05) is 37.6 Å². The molecule has 1 heterocycles. The van der Waals surface area contributed by atoms with Crippen LogP contribution in [0.3, 0.4) is 0 Å². The Bertz CT molecular complexity index is 506. The van der Waals surface area contributed by atoms with Crippen LogP contribution in [0, 0.1) is 23.2 Å². The van der Waals surface area contributed by atoms with Crippen LogP contribution in [0.2, 0.25) is 0 Å². The van der Waals surface area contributed by atoms with Gasteiger partial charge in [-0.25, -0.2) is 0 Å². The van der Waals surface area contributed by atoms with Crippen LogP contribution in [-0.2, 0) is 9.59 Å². The monoisotopic (exact) mass is 349 g/mol. The summed E-state index contributed by atoms with van der Waals surface area (Å²) in [5.41, 5.74) is -0.324. The summed E-state index contributed by atoms with van der Waals surface area (Å²) in [6, 6.07) is 0.298. The highest BCUT2D eigenvalue weighted by Gasteiger charge is 2.42. The predicted octanol–water partition coefficient (Wildman–Crippen LogP) is 2.12. The Kier molecular flexibility index (Phi) is 5.42. The van der Waals surface area contributed by atoms with E-state index in [1.807, 2.05) is 25.7 Å². The minimum Gasteiger partial charge on any atom is -0.352 e. The van der Waals surface area contributed by atoms with Crippen molar-refractivity contribution in [2.75, 3.05) is 32.7 Å². The summed E-state index contributed by atoms with van der Waals surface area (Å²) >= 11 is 0. The van der Waals surface area contributed by atoms with Gasteiger partial charge in [0.15, 0.2) is 0 Å². The first-order valence-corrected chi connectivity index (χ1v) is 10.0. The Morgan fingerprint density at radius 1 is 1.08 bits per heavy atom. The summed E-state index contributed by atoms with van der Waals surface area (Å²) < 4.78 is 0. The van der Waals surface area contributed by atoms with Gasteiger partial charge < -0.3 is 10.2 Å². The van der Waals surface area contributed by atoms with E-state index >= 15 is 0 Å². The lowest BCUT2D eigenvalue weighted by molar-refractivity contribution is -0.141. The second-order valence-electron chi connectivity index (χ2n) is 9.51. The zero-order valence-electron chi connectivity index (χ0n) is 16.4. The average molecular weight is 350 g/mol.